The molecule has 0 aliphatic carbocycles. The maximum absolute atomic E-state index is 11.3. The molecule has 0 saturated carbocycles. The summed E-state index contributed by atoms with van der Waals surface area (Å²) in [4.78, 5) is 32.9. The molecule has 7 nitrogen and oxygen atoms in total. The Balaban J connectivity index is 2.27. The van der Waals surface area contributed by atoms with Gasteiger partial charge in [0.15, 0.2) is 5.78 Å². The Labute approximate surface area is 132 Å². The van der Waals surface area contributed by atoms with Crippen LogP contribution in [0.25, 0.3) is 0 Å². The number of rotatable bonds is 5. The van der Waals surface area contributed by atoms with Gasteiger partial charge in [0.25, 0.3) is 5.69 Å². The topological polar surface area (TPSA) is 101 Å². The van der Waals surface area contributed by atoms with Crippen molar-refractivity contribution in [3.8, 4) is 0 Å². The summed E-state index contributed by atoms with van der Waals surface area (Å²) in [6.45, 7) is 2.76. The summed E-state index contributed by atoms with van der Waals surface area (Å²) in [5, 5.41) is 16.7. The lowest BCUT2D eigenvalue weighted by Crippen LogP contribution is -2.05. The first kappa shape index (κ1) is 16.2. The zero-order chi connectivity index (χ0) is 17.0. The van der Waals surface area contributed by atoms with Crippen molar-refractivity contribution >= 4 is 34.4 Å². The number of nitrogens with zero attached hydrogens (tertiary/aromatic N) is 1. The van der Waals surface area contributed by atoms with E-state index >= 15 is 0 Å². The van der Waals surface area contributed by atoms with Crippen LogP contribution >= 0.6 is 0 Å². The van der Waals surface area contributed by atoms with Crippen molar-refractivity contribution in [2.45, 2.75) is 13.8 Å². The highest BCUT2D eigenvalue weighted by Gasteiger charge is 2.16. The summed E-state index contributed by atoms with van der Waals surface area (Å²) < 4.78 is 0. The third kappa shape index (κ3) is 4.13. The SMILES string of the molecule is CC(=O)Nc1ccc(Nc2ccc(C(C)=O)cc2[N+](=O)[O-])cc1. The van der Waals surface area contributed by atoms with Crippen molar-refractivity contribution in [1.82, 2.24) is 0 Å². The number of ketones is 1. The van der Waals surface area contributed by atoms with Crippen LogP contribution in [0.2, 0.25) is 0 Å². The molecule has 0 spiro atoms. The van der Waals surface area contributed by atoms with Gasteiger partial charge in [-0.2, -0.15) is 0 Å². The molecule has 0 aliphatic heterocycles. The summed E-state index contributed by atoms with van der Waals surface area (Å²) in [7, 11) is 0. The summed E-state index contributed by atoms with van der Waals surface area (Å²) in [6.07, 6.45) is 0. The number of Topliss-reactive ketones (excluding diaryl/α,β-unsaturated/α-hetero) is 1. The molecule has 2 aromatic rings. The van der Waals surface area contributed by atoms with Crippen LogP contribution in [0.1, 0.15) is 24.2 Å². The van der Waals surface area contributed by atoms with E-state index < -0.39 is 4.92 Å². The molecule has 0 heterocycles. The van der Waals surface area contributed by atoms with Gasteiger partial charge in [0.05, 0.1) is 4.92 Å². The second kappa shape index (κ2) is 6.69. The minimum Gasteiger partial charge on any atom is -0.350 e. The van der Waals surface area contributed by atoms with Crippen LogP contribution in [0.3, 0.4) is 0 Å². The highest BCUT2D eigenvalue weighted by molar-refractivity contribution is 5.95. The molecular formula is C16H15N3O4. The van der Waals surface area contributed by atoms with E-state index in [0.717, 1.165) is 0 Å². The molecule has 0 aromatic heterocycles. The number of carbonyl (C=O) groups is 2. The number of hydrogen-bond acceptors (Lipinski definition) is 5. The zero-order valence-electron chi connectivity index (χ0n) is 12.6. The Morgan fingerprint density at radius 2 is 1.61 bits per heavy atom. The van der Waals surface area contributed by atoms with Crippen LogP contribution in [-0.4, -0.2) is 16.6 Å². The lowest BCUT2D eigenvalue weighted by molar-refractivity contribution is -0.383. The summed E-state index contributed by atoms with van der Waals surface area (Å²) in [5.41, 5.74) is 1.64. The van der Waals surface area contributed by atoms with Crippen LogP contribution in [0.4, 0.5) is 22.7 Å². The highest BCUT2D eigenvalue weighted by Crippen LogP contribution is 2.29. The molecule has 0 aliphatic rings. The largest absolute Gasteiger partial charge is 0.350 e. The molecule has 0 bridgehead atoms. The highest BCUT2D eigenvalue weighted by atomic mass is 16.6. The normalized spacial score (nSPS) is 10.0. The van der Waals surface area contributed by atoms with Gasteiger partial charge in [0.2, 0.25) is 5.91 Å². The molecule has 0 atom stereocenters. The average Bonchev–Trinajstić information content (AvgIpc) is 2.48. The summed E-state index contributed by atoms with van der Waals surface area (Å²) in [6, 6.07) is 11.0. The van der Waals surface area contributed by atoms with Crippen molar-refractivity contribution in [1.29, 1.82) is 0 Å². The van der Waals surface area contributed by atoms with Crippen LogP contribution in [0.15, 0.2) is 42.5 Å². The van der Waals surface area contributed by atoms with E-state index in [9.17, 15) is 19.7 Å². The van der Waals surface area contributed by atoms with Crippen molar-refractivity contribution in [2.24, 2.45) is 0 Å². The van der Waals surface area contributed by atoms with Crippen molar-refractivity contribution in [2.75, 3.05) is 10.6 Å². The molecule has 0 unspecified atom stereocenters. The van der Waals surface area contributed by atoms with E-state index in [0.29, 0.717) is 11.4 Å². The van der Waals surface area contributed by atoms with Crippen molar-refractivity contribution in [3.05, 3.63) is 58.1 Å². The molecular weight excluding hydrogens is 298 g/mol. The Morgan fingerprint density at radius 1 is 1.00 bits per heavy atom. The van der Waals surface area contributed by atoms with Crippen LogP contribution in [0.5, 0.6) is 0 Å². The van der Waals surface area contributed by atoms with Gasteiger partial charge in [-0.05, 0) is 43.3 Å². The number of nitrogens with one attached hydrogen (secondary N) is 2. The van der Waals surface area contributed by atoms with Gasteiger partial charge in [0, 0.05) is 29.9 Å². The van der Waals surface area contributed by atoms with Crippen molar-refractivity contribution < 1.29 is 14.5 Å². The standard InChI is InChI=1S/C16H15N3O4/c1-10(20)12-3-8-15(16(9-12)19(22)23)18-14-6-4-13(5-7-14)17-11(2)21/h3-9,18H,1-2H3,(H,17,21). The smallest absolute Gasteiger partial charge is 0.293 e. The minimum atomic E-state index is -0.541. The minimum absolute atomic E-state index is 0.177. The summed E-state index contributed by atoms with van der Waals surface area (Å²) >= 11 is 0. The first-order valence-electron chi connectivity index (χ1n) is 6.81. The quantitative estimate of drug-likeness (QED) is 0.500. The van der Waals surface area contributed by atoms with Gasteiger partial charge in [-0.25, -0.2) is 0 Å². The second-order valence-corrected chi connectivity index (χ2v) is 4.93. The van der Waals surface area contributed by atoms with Gasteiger partial charge in [0.1, 0.15) is 5.69 Å². The number of anilines is 3. The third-order valence-corrected chi connectivity index (χ3v) is 3.09. The van der Waals surface area contributed by atoms with Crippen LogP contribution in [-0.2, 0) is 4.79 Å². The zero-order valence-corrected chi connectivity index (χ0v) is 12.6. The molecule has 1 amide bonds. The number of nitro benzene ring substituents is 1. The van der Waals surface area contributed by atoms with E-state index in [4.69, 9.17) is 0 Å². The Morgan fingerprint density at radius 3 is 2.13 bits per heavy atom. The van der Waals surface area contributed by atoms with E-state index in [2.05, 4.69) is 10.6 Å². The Hall–Kier alpha value is -3.22. The molecule has 2 rings (SSSR count). The van der Waals surface area contributed by atoms with Crippen LogP contribution in [0, 0.1) is 10.1 Å². The van der Waals surface area contributed by atoms with E-state index in [1.165, 1.54) is 32.0 Å². The molecule has 2 N–H and O–H groups in total. The molecule has 2 aromatic carbocycles. The van der Waals surface area contributed by atoms with Gasteiger partial charge >= 0.3 is 0 Å². The van der Waals surface area contributed by atoms with Gasteiger partial charge < -0.3 is 10.6 Å². The number of nitro groups is 1. The van der Waals surface area contributed by atoms with Crippen LogP contribution < -0.4 is 10.6 Å². The van der Waals surface area contributed by atoms with Gasteiger partial charge in [-0.15, -0.1) is 0 Å². The first-order valence-corrected chi connectivity index (χ1v) is 6.81. The van der Waals surface area contributed by atoms with Gasteiger partial charge in [-0.3, -0.25) is 19.7 Å². The number of benzene rings is 2. The second-order valence-electron chi connectivity index (χ2n) is 4.93. The number of hydrogen-bond donors (Lipinski definition) is 2. The predicted octanol–water partition coefficient (Wildman–Crippen LogP) is 3.50. The van der Waals surface area contributed by atoms with E-state index in [1.54, 1.807) is 24.3 Å². The summed E-state index contributed by atoms with van der Waals surface area (Å²) in [5.74, 6) is -0.416. The molecule has 23 heavy (non-hydrogen) atoms. The first-order chi connectivity index (χ1) is 10.9. The lowest BCUT2D eigenvalue weighted by Gasteiger charge is -2.09. The molecule has 0 fully saturated rings. The predicted molar refractivity (Wildman–Crippen MR) is 87.1 cm³/mol. The van der Waals surface area contributed by atoms with E-state index in [1.807, 2.05) is 0 Å². The molecule has 0 saturated heterocycles. The number of carbonyl (C=O) groups excluding carboxylic acids is 2. The fourth-order valence-corrected chi connectivity index (χ4v) is 2.00. The van der Waals surface area contributed by atoms with Gasteiger partial charge in [-0.1, -0.05) is 0 Å². The fourth-order valence-electron chi connectivity index (χ4n) is 2.00. The lowest BCUT2D eigenvalue weighted by atomic mass is 10.1. The maximum Gasteiger partial charge on any atom is 0.293 e. The monoisotopic (exact) mass is 313 g/mol. The Kier molecular flexibility index (Phi) is 4.70. The van der Waals surface area contributed by atoms with E-state index in [-0.39, 0.29) is 28.6 Å². The third-order valence-electron chi connectivity index (χ3n) is 3.09. The maximum atomic E-state index is 11.3. The molecule has 118 valence electrons. The molecule has 7 heteroatoms. The molecule has 0 radical (unpaired) electrons. The van der Waals surface area contributed by atoms with Crippen molar-refractivity contribution in [3.63, 3.8) is 0 Å². The average molecular weight is 313 g/mol. The number of amides is 1. The fraction of sp³-hybridized carbons (Fsp3) is 0.125. The Bertz CT molecular complexity index is 769.